The second-order valence-corrected chi connectivity index (χ2v) is 12.1. The Morgan fingerprint density at radius 1 is 1.00 bits per heavy atom. The third-order valence-corrected chi connectivity index (χ3v) is 8.11. The lowest BCUT2D eigenvalue weighted by molar-refractivity contribution is -0.127. The molecule has 0 radical (unpaired) electrons. The Kier molecular flexibility index (Phi) is 17.3. The van der Waals surface area contributed by atoms with E-state index in [0.717, 1.165) is 44.8 Å². The zero-order valence-electron chi connectivity index (χ0n) is 26.3. The normalized spacial score (nSPS) is 17.2. The van der Waals surface area contributed by atoms with Gasteiger partial charge in [0, 0.05) is 64.2 Å². The molecule has 0 bridgehead atoms. The first-order valence-corrected chi connectivity index (χ1v) is 15.8. The molecule has 0 unspecified atom stereocenters. The van der Waals surface area contributed by atoms with Gasteiger partial charge in [-0.1, -0.05) is 33.8 Å². The molecular weight excluding hydrogens is 538 g/mol. The second kappa shape index (κ2) is 20.1. The summed E-state index contributed by atoms with van der Waals surface area (Å²) < 4.78 is 17.1. The van der Waals surface area contributed by atoms with Gasteiger partial charge in [0.15, 0.2) is 11.5 Å². The average molecular weight is 596 g/mol. The van der Waals surface area contributed by atoms with Gasteiger partial charge in [-0.05, 0) is 54.7 Å². The van der Waals surface area contributed by atoms with Crippen molar-refractivity contribution in [1.29, 1.82) is 0 Å². The lowest BCUT2D eigenvalue weighted by atomic mass is 9.81. The van der Waals surface area contributed by atoms with Crippen molar-refractivity contribution in [2.24, 2.45) is 29.4 Å². The molecule has 1 fully saturated rings. The number of carbonyl (C=O) groups is 1. The van der Waals surface area contributed by atoms with Crippen molar-refractivity contribution >= 4 is 5.91 Å². The number of hydrogen-bond acceptors (Lipinski definition) is 9. The molecule has 1 aromatic rings. The molecule has 0 aromatic heterocycles. The van der Waals surface area contributed by atoms with Crippen LogP contribution in [0.15, 0.2) is 18.2 Å². The van der Waals surface area contributed by atoms with Crippen LogP contribution in [-0.2, 0) is 16.0 Å². The number of nitrogens with zero attached hydrogens (tertiary/aromatic N) is 1. The Bertz CT molecular complexity index is 880. The summed E-state index contributed by atoms with van der Waals surface area (Å²) in [6.45, 7) is 13.8. The maximum Gasteiger partial charge on any atom is 0.223 e. The Morgan fingerprint density at radius 2 is 1.64 bits per heavy atom. The van der Waals surface area contributed by atoms with Crippen LogP contribution in [-0.4, -0.2) is 104 Å². The van der Waals surface area contributed by atoms with E-state index < -0.39 is 12.1 Å². The molecule has 1 amide bonds. The van der Waals surface area contributed by atoms with Gasteiger partial charge < -0.3 is 40.6 Å². The molecule has 1 aromatic carbocycles. The van der Waals surface area contributed by atoms with Crippen molar-refractivity contribution in [2.45, 2.75) is 71.9 Å². The lowest BCUT2D eigenvalue weighted by Crippen LogP contribution is -2.45. The monoisotopic (exact) mass is 595 g/mol. The third kappa shape index (κ3) is 13.1. The topological polar surface area (TPSA) is 147 Å². The molecule has 10 heteroatoms. The highest BCUT2D eigenvalue weighted by Crippen LogP contribution is 2.32. The summed E-state index contributed by atoms with van der Waals surface area (Å²) in [6.07, 6.45) is 1.96. The van der Waals surface area contributed by atoms with E-state index >= 15 is 0 Å². The van der Waals surface area contributed by atoms with Gasteiger partial charge in [0.05, 0.1) is 32.5 Å². The fourth-order valence-corrected chi connectivity index (χ4v) is 5.22. The van der Waals surface area contributed by atoms with E-state index in [4.69, 9.17) is 30.2 Å². The highest BCUT2D eigenvalue weighted by Gasteiger charge is 2.30. The average Bonchev–Trinajstić information content (AvgIpc) is 2.96. The SMILES string of the molecule is CC(C)[C@@H](Cc1ccc(OCCCO)c(OCCCO)c1)C[C@H](N)[C@@H](O)C[C@H](C(=O)NCCN1CCOCC1)C(C)C. The van der Waals surface area contributed by atoms with Gasteiger partial charge in [-0.2, -0.15) is 0 Å². The van der Waals surface area contributed by atoms with Crippen LogP contribution in [0.2, 0.25) is 0 Å². The highest BCUT2D eigenvalue weighted by molar-refractivity contribution is 5.78. The highest BCUT2D eigenvalue weighted by atomic mass is 16.5. The smallest absolute Gasteiger partial charge is 0.223 e. The Hall–Kier alpha value is -1.95. The third-order valence-electron chi connectivity index (χ3n) is 8.11. The van der Waals surface area contributed by atoms with Gasteiger partial charge in [-0.15, -0.1) is 0 Å². The molecular formula is C32H57N3O7. The molecule has 1 aliphatic rings. The quantitative estimate of drug-likeness (QED) is 0.135. The number of carbonyl (C=O) groups excluding carboxylic acids is 1. The summed E-state index contributed by atoms with van der Waals surface area (Å²) in [5.74, 6) is 1.50. The Balaban J connectivity index is 1.98. The van der Waals surface area contributed by atoms with Crippen LogP contribution < -0.4 is 20.5 Å². The first kappa shape index (κ1) is 36.2. The number of amides is 1. The van der Waals surface area contributed by atoms with E-state index in [1.165, 1.54) is 0 Å². The van der Waals surface area contributed by atoms with Gasteiger partial charge in [-0.3, -0.25) is 9.69 Å². The summed E-state index contributed by atoms with van der Waals surface area (Å²) in [5.41, 5.74) is 7.64. The van der Waals surface area contributed by atoms with Crippen LogP contribution in [0, 0.1) is 23.7 Å². The van der Waals surface area contributed by atoms with Crippen LogP contribution >= 0.6 is 0 Å². The van der Waals surface area contributed by atoms with Crippen molar-refractivity contribution in [3.63, 3.8) is 0 Å². The molecule has 4 atom stereocenters. The Morgan fingerprint density at radius 3 is 2.24 bits per heavy atom. The number of nitrogens with one attached hydrogen (secondary N) is 1. The molecule has 2 rings (SSSR count). The maximum absolute atomic E-state index is 13.0. The molecule has 1 heterocycles. The minimum absolute atomic E-state index is 0.0278. The fraction of sp³-hybridized carbons (Fsp3) is 0.781. The molecule has 0 aliphatic carbocycles. The van der Waals surface area contributed by atoms with E-state index in [9.17, 15) is 9.90 Å². The van der Waals surface area contributed by atoms with E-state index in [1.54, 1.807) is 0 Å². The van der Waals surface area contributed by atoms with E-state index in [-0.39, 0.29) is 36.9 Å². The van der Waals surface area contributed by atoms with Crippen molar-refractivity contribution in [3.8, 4) is 11.5 Å². The maximum atomic E-state index is 13.0. The predicted octanol–water partition coefficient (Wildman–Crippen LogP) is 2.21. The molecule has 1 aliphatic heterocycles. The number of morpholine rings is 1. The number of hydrogen-bond donors (Lipinski definition) is 5. The first-order valence-electron chi connectivity index (χ1n) is 15.8. The van der Waals surface area contributed by atoms with Crippen LogP contribution in [0.1, 0.15) is 58.9 Å². The standard InChI is InChI=1S/C32H57N3O7/c1-23(2)26(19-25-7-8-30(41-15-5-13-36)31(20-25)42-16-6-14-37)21-28(33)29(38)22-27(24(3)4)32(39)34-9-10-35-11-17-40-18-12-35/h7-8,20,23-24,26-29,36-38H,5-6,9-19,21-22,33H2,1-4H3,(H,34,39)/t26-,27-,28-,29-/m0/s1. The van der Waals surface area contributed by atoms with Crippen LogP contribution in [0.5, 0.6) is 11.5 Å². The number of ether oxygens (including phenoxy) is 3. The predicted molar refractivity (Wildman–Crippen MR) is 165 cm³/mol. The first-order chi connectivity index (χ1) is 20.2. The van der Waals surface area contributed by atoms with Crippen molar-refractivity contribution in [2.75, 3.05) is 65.8 Å². The van der Waals surface area contributed by atoms with Crippen LogP contribution in [0.3, 0.4) is 0 Å². The second-order valence-electron chi connectivity index (χ2n) is 12.1. The zero-order chi connectivity index (χ0) is 30.9. The number of nitrogens with two attached hydrogens (primary N) is 1. The van der Waals surface area contributed by atoms with E-state index in [0.29, 0.717) is 62.9 Å². The van der Waals surface area contributed by atoms with Gasteiger partial charge >= 0.3 is 0 Å². The molecule has 1 saturated heterocycles. The van der Waals surface area contributed by atoms with Crippen molar-refractivity contribution in [1.82, 2.24) is 10.2 Å². The molecule has 10 nitrogen and oxygen atoms in total. The molecule has 6 N–H and O–H groups in total. The number of aliphatic hydroxyl groups is 3. The van der Waals surface area contributed by atoms with Gasteiger partial charge in [0.2, 0.25) is 5.91 Å². The minimum Gasteiger partial charge on any atom is -0.490 e. The van der Waals surface area contributed by atoms with Crippen molar-refractivity contribution in [3.05, 3.63) is 23.8 Å². The largest absolute Gasteiger partial charge is 0.490 e. The van der Waals surface area contributed by atoms with E-state index in [1.807, 2.05) is 32.0 Å². The molecule has 42 heavy (non-hydrogen) atoms. The summed E-state index contributed by atoms with van der Waals surface area (Å²) in [4.78, 5) is 15.3. The summed E-state index contributed by atoms with van der Waals surface area (Å²) in [6, 6.07) is 5.42. The number of rotatable bonds is 21. The van der Waals surface area contributed by atoms with Crippen molar-refractivity contribution < 1.29 is 34.3 Å². The van der Waals surface area contributed by atoms with Gasteiger partial charge in [-0.25, -0.2) is 0 Å². The lowest BCUT2D eigenvalue weighted by Gasteiger charge is -2.30. The molecule has 0 spiro atoms. The summed E-state index contributed by atoms with van der Waals surface area (Å²) >= 11 is 0. The van der Waals surface area contributed by atoms with E-state index in [2.05, 4.69) is 24.1 Å². The zero-order valence-corrected chi connectivity index (χ0v) is 26.3. The van der Waals surface area contributed by atoms with Gasteiger partial charge in [0.25, 0.3) is 0 Å². The molecule has 242 valence electrons. The fourth-order valence-electron chi connectivity index (χ4n) is 5.22. The number of aliphatic hydroxyl groups excluding tert-OH is 3. The molecule has 0 saturated carbocycles. The van der Waals surface area contributed by atoms with Crippen LogP contribution in [0.4, 0.5) is 0 Å². The van der Waals surface area contributed by atoms with Crippen LogP contribution in [0.25, 0.3) is 0 Å². The summed E-state index contributed by atoms with van der Waals surface area (Å²) in [5, 5.41) is 32.4. The number of benzene rings is 1. The Labute approximate surface area is 252 Å². The van der Waals surface area contributed by atoms with Gasteiger partial charge in [0.1, 0.15) is 0 Å². The summed E-state index contributed by atoms with van der Waals surface area (Å²) in [7, 11) is 0. The minimum atomic E-state index is -0.789.